The maximum Gasteiger partial charge on any atom is 0.416 e. The molecule has 0 aliphatic carbocycles. The van der Waals surface area contributed by atoms with E-state index in [2.05, 4.69) is 10.4 Å². The molecule has 1 heterocycles. The first-order valence-corrected chi connectivity index (χ1v) is 10.7. The van der Waals surface area contributed by atoms with Crippen molar-refractivity contribution in [2.45, 2.75) is 12.7 Å². The molecule has 5 nitrogen and oxygen atoms in total. The second-order valence-electron chi connectivity index (χ2n) is 7.29. The van der Waals surface area contributed by atoms with Gasteiger partial charge in [-0.1, -0.05) is 59.6 Å². The van der Waals surface area contributed by atoms with Gasteiger partial charge in [0.1, 0.15) is 5.69 Å². The fraction of sp³-hybridized carbons (Fsp3) is 0.0833. The van der Waals surface area contributed by atoms with E-state index in [9.17, 15) is 23.1 Å². The van der Waals surface area contributed by atoms with Gasteiger partial charge in [-0.3, -0.25) is 4.79 Å². The Hall–Kier alpha value is -3.49. The van der Waals surface area contributed by atoms with Crippen molar-refractivity contribution < 1.29 is 23.1 Å². The molecule has 0 saturated carbocycles. The van der Waals surface area contributed by atoms with E-state index in [0.717, 1.165) is 12.1 Å². The van der Waals surface area contributed by atoms with E-state index >= 15 is 0 Å². The fourth-order valence-electron chi connectivity index (χ4n) is 3.30. The monoisotopic (exact) mass is 505 g/mol. The van der Waals surface area contributed by atoms with E-state index in [1.807, 2.05) is 0 Å². The first kappa shape index (κ1) is 23.7. The average Bonchev–Trinajstić information content (AvgIpc) is 3.15. The first-order valence-electron chi connectivity index (χ1n) is 9.92. The van der Waals surface area contributed by atoms with Gasteiger partial charge in [0.15, 0.2) is 11.4 Å². The standard InChI is InChI=1S/C24H16Cl2F3N3O2/c25-17-11-7-15(8-12-17)21-22(33)20(31-32(21)19-4-2-1-3-18(19)26)23(34)30-13-14-5-9-16(10-6-14)24(27,28)29/h1-12,33H,13H2,(H,30,34). The quantitative estimate of drug-likeness (QED) is 0.325. The summed E-state index contributed by atoms with van der Waals surface area (Å²) in [6, 6.07) is 17.8. The summed E-state index contributed by atoms with van der Waals surface area (Å²) in [5.41, 5.74) is 0.596. The number of nitrogens with zero attached hydrogens (tertiary/aromatic N) is 2. The van der Waals surface area contributed by atoms with E-state index in [1.54, 1.807) is 48.5 Å². The molecule has 2 N–H and O–H groups in total. The summed E-state index contributed by atoms with van der Waals surface area (Å²) in [4.78, 5) is 12.9. The molecule has 10 heteroatoms. The minimum absolute atomic E-state index is 0.0638. The fourth-order valence-corrected chi connectivity index (χ4v) is 3.65. The Morgan fingerprint density at radius 1 is 0.971 bits per heavy atom. The lowest BCUT2D eigenvalue weighted by molar-refractivity contribution is -0.137. The Morgan fingerprint density at radius 3 is 2.24 bits per heavy atom. The second-order valence-corrected chi connectivity index (χ2v) is 8.14. The lowest BCUT2D eigenvalue weighted by Crippen LogP contribution is -2.23. The SMILES string of the molecule is O=C(NCc1ccc(C(F)(F)F)cc1)c1nn(-c2ccccc2Cl)c(-c2ccc(Cl)cc2)c1O. The number of nitrogens with one attached hydrogen (secondary N) is 1. The zero-order chi connectivity index (χ0) is 24.5. The Kier molecular flexibility index (Phi) is 6.54. The van der Waals surface area contributed by atoms with Gasteiger partial charge >= 0.3 is 6.18 Å². The summed E-state index contributed by atoms with van der Waals surface area (Å²) >= 11 is 12.3. The third kappa shape index (κ3) is 4.88. The summed E-state index contributed by atoms with van der Waals surface area (Å²) in [6.07, 6.45) is -4.45. The molecule has 1 aromatic heterocycles. The van der Waals surface area contributed by atoms with Gasteiger partial charge in [-0.2, -0.15) is 18.3 Å². The summed E-state index contributed by atoms with van der Waals surface area (Å²) in [7, 11) is 0. The number of halogens is 5. The maximum atomic E-state index is 12.9. The van der Waals surface area contributed by atoms with Crippen molar-refractivity contribution >= 4 is 29.1 Å². The number of carbonyl (C=O) groups excluding carboxylic acids is 1. The van der Waals surface area contributed by atoms with E-state index in [4.69, 9.17) is 23.2 Å². The highest BCUT2D eigenvalue weighted by Gasteiger charge is 2.30. The largest absolute Gasteiger partial charge is 0.504 e. The molecule has 0 spiro atoms. The van der Waals surface area contributed by atoms with Gasteiger partial charge in [-0.05, 0) is 42.0 Å². The van der Waals surface area contributed by atoms with Crippen LogP contribution in [0.15, 0.2) is 72.8 Å². The van der Waals surface area contributed by atoms with Crippen LogP contribution in [0, 0.1) is 0 Å². The van der Waals surface area contributed by atoms with Crippen LogP contribution in [0.25, 0.3) is 16.9 Å². The van der Waals surface area contributed by atoms with Crippen molar-refractivity contribution in [3.05, 3.63) is 99.7 Å². The third-order valence-corrected chi connectivity index (χ3v) is 5.58. The number of hydrogen-bond acceptors (Lipinski definition) is 3. The lowest BCUT2D eigenvalue weighted by atomic mass is 10.1. The molecule has 174 valence electrons. The van der Waals surface area contributed by atoms with Crippen LogP contribution in [0.5, 0.6) is 5.75 Å². The number of aromatic hydroxyl groups is 1. The number of carbonyl (C=O) groups is 1. The third-order valence-electron chi connectivity index (χ3n) is 5.01. The van der Waals surface area contributed by atoms with Crippen LogP contribution in [0.4, 0.5) is 13.2 Å². The van der Waals surface area contributed by atoms with E-state index < -0.39 is 17.6 Å². The number of alkyl halides is 3. The molecule has 34 heavy (non-hydrogen) atoms. The topological polar surface area (TPSA) is 67.2 Å². The van der Waals surface area contributed by atoms with Crippen molar-refractivity contribution in [1.82, 2.24) is 15.1 Å². The van der Waals surface area contributed by atoms with Crippen LogP contribution in [0.2, 0.25) is 10.0 Å². The average molecular weight is 506 g/mol. The van der Waals surface area contributed by atoms with Gasteiger partial charge in [0.25, 0.3) is 5.91 Å². The van der Waals surface area contributed by atoms with Gasteiger partial charge in [-0.15, -0.1) is 0 Å². The highest BCUT2D eigenvalue weighted by molar-refractivity contribution is 6.32. The molecule has 0 aliphatic rings. The van der Waals surface area contributed by atoms with Gasteiger partial charge in [0, 0.05) is 17.1 Å². The molecule has 4 rings (SSSR count). The maximum absolute atomic E-state index is 12.9. The van der Waals surface area contributed by atoms with Crippen LogP contribution < -0.4 is 5.32 Å². The van der Waals surface area contributed by atoms with Gasteiger partial charge in [-0.25, -0.2) is 4.68 Å². The van der Waals surface area contributed by atoms with E-state index in [0.29, 0.717) is 26.9 Å². The molecule has 0 unspecified atom stereocenters. The molecule has 4 aromatic rings. The first-order chi connectivity index (χ1) is 16.1. The van der Waals surface area contributed by atoms with Crippen LogP contribution in [-0.2, 0) is 12.7 Å². The molecule has 0 atom stereocenters. The number of para-hydroxylation sites is 1. The zero-order valence-corrected chi connectivity index (χ0v) is 18.8. The molecular formula is C24H16Cl2F3N3O2. The second kappa shape index (κ2) is 9.40. The number of aromatic nitrogens is 2. The highest BCUT2D eigenvalue weighted by Crippen LogP contribution is 2.36. The number of amides is 1. The number of hydrogen-bond donors (Lipinski definition) is 2. The molecule has 1 amide bonds. The smallest absolute Gasteiger partial charge is 0.416 e. The highest BCUT2D eigenvalue weighted by atomic mass is 35.5. The normalized spacial score (nSPS) is 11.4. The summed E-state index contributed by atoms with van der Waals surface area (Å²) in [6.45, 7) is -0.0638. The Labute approximate surface area is 202 Å². The summed E-state index contributed by atoms with van der Waals surface area (Å²) in [5.74, 6) is -1.09. The minimum Gasteiger partial charge on any atom is -0.504 e. The Balaban J connectivity index is 1.67. The predicted molar refractivity (Wildman–Crippen MR) is 123 cm³/mol. The van der Waals surface area contributed by atoms with Crippen LogP contribution in [0.1, 0.15) is 21.6 Å². The van der Waals surface area contributed by atoms with Crippen molar-refractivity contribution in [2.24, 2.45) is 0 Å². The van der Waals surface area contributed by atoms with Crippen LogP contribution >= 0.6 is 23.2 Å². The molecule has 0 bridgehead atoms. The van der Waals surface area contributed by atoms with E-state index in [-0.39, 0.29) is 23.7 Å². The Morgan fingerprint density at radius 2 is 1.62 bits per heavy atom. The molecule has 0 radical (unpaired) electrons. The Bertz CT molecular complexity index is 1340. The molecule has 0 fully saturated rings. The molecular weight excluding hydrogens is 490 g/mol. The van der Waals surface area contributed by atoms with Gasteiger partial charge < -0.3 is 10.4 Å². The zero-order valence-electron chi connectivity index (χ0n) is 17.3. The predicted octanol–water partition coefficient (Wildman–Crippen LogP) is 6.50. The van der Waals surface area contributed by atoms with Crippen molar-refractivity contribution in [1.29, 1.82) is 0 Å². The van der Waals surface area contributed by atoms with Crippen LogP contribution in [0.3, 0.4) is 0 Å². The summed E-state index contributed by atoms with van der Waals surface area (Å²) < 4.78 is 39.6. The molecule has 0 saturated heterocycles. The van der Waals surface area contributed by atoms with Gasteiger partial charge in [0.2, 0.25) is 0 Å². The van der Waals surface area contributed by atoms with E-state index in [1.165, 1.54) is 16.8 Å². The minimum atomic E-state index is -4.45. The number of rotatable bonds is 5. The van der Waals surface area contributed by atoms with Crippen molar-refractivity contribution in [3.8, 4) is 22.7 Å². The lowest BCUT2D eigenvalue weighted by Gasteiger charge is -2.09. The number of benzene rings is 3. The van der Waals surface area contributed by atoms with Crippen molar-refractivity contribution in [3.63, 3.8) is 0 Å². The molecule has 3 aromatic carbocycles. The summed E-state index contributed by atoms with van der Waals surface area (Å²) in [5, 5.41) is 18.6. The molecule has 0 aliphatic heterocycles. The van der Waals surface area contributed by atoms with Crippen molar-refractivity contribution in [2.75, 3.05) is 0 Å². The van der Waals surface area contributed by atoms with Crippen LogP contribution in [-0.4, -0.2) is 20.8 Å². The van der Waals surface area contributed by atoms with Gasteiger partial charge in [0.05, 0.1) is 16.3 Å².